The second kappa shape index (κ2) is 5.48. The van der Waals surface area contributed by atoms with Crippen LogP contribution in [0, 0.1) is 0 Å². The van der Waals surface area contributed by atoms with Crippen molar-refractivity contribution in [3.63, 3.8) is 0 Å². The fourth-order valence-corrected chi connectivity index (χ4v) is 3.54. The number of carboxylic acids is 1. The van der Waals surface area contributed by atoms with E-state index in [0.29, 0.717) is 25.2 Å². The molecule has 1 aromatic carbocycles. The van der Waals surface area contributed by atoms with Gasteiger partial charge in [-0.25, -0.2) is 8.42 Å². The molecule has 7 heteroatoms. The van der Waals surface area contributed by atoms with Crippen LogP contribution in [-0.2, 0) is 14.8 Å². The number of nitrogens with one attached hydrogen (secondary N) is 1. The third-order valence-corrected chi connectivity index (χ3v) is 4.71. The molecule has 2 rings (SSSR count). The van der Waals surface area contributed by atoms with Crippen LogP contribution in [0.2, 0.25) is 0 Å². The zero-order valence-electron chi connectivity index (χ0n) is 10.4. The average Bonchev–Trinajstić information content (AvgIpc) is 2.59. The van der Waals surface area contributed by atoms with Crippen molar-refractivity contribution in [1.82, 2.24) is 0 Å². The molecule has 0 unspecified atom stereocenters. The lowest BCUT2D eigenvalue weighted by atomic mass is 10.2. The van der Waals surface area contributed by atoms with Crippen LogP contribution in [0.1, 0.15) is 12.8 Å². The van der Waals surface area contributed by atoms with E-state index >= 15 is 0 Å². The summed E-state index contributed by atoms with van der Waals surface area (Å²) in [4.78, 5) is 10.5. The lowest BCUT2D eigenvalue weighted by molar-refractivity contribution is -0.136. The summed E-state index contributed by atoms with van der Waals surface area (Å²) >= 11 is 0. The van der Waals surface area contributed by atoms with Gasteiger partial charge in [0.25, 0.3) is 0 Å². The monoisotopic (exact) mass is 284 g/mol. The van der Waals surface area contributed by atoms with E-state index in [4.69, 9.17) is 5.11 Å². The van der Waals surface area contributed by atoms with Crippen molar-refractivity contribution in [2.24, 2.45) is 0 Å². The fraction of sp³-hybridized carbons (Fsp3) is 0.417. The van der Waals surface area contributed by atoms with E-state index in [1.165, 1.54) is 4.31 Å². The summed E-state index contributed by atoms with van der Waals surface area (Å²) in [6, 6.07) is 7.15. The first kappa shape index (κ1) is 13.7. The van der Waals surface area contributed by atoms with Crippen LogP contribution in [0.15, 0.2) is 24.3 Å². The van der Waals surface area contributed by atoms with E-state index in [2.05, 4.69) is 5.32 Å². The Bertz CT molecular complexity index is 571. The van der Waals surface area contributed by atoms with E-state index in [0.717, 1.165) is 5.69 Å². The second-order valence-corrected chi connectivity index (χ2v) is 6.34. The Kier molecular flexibility index (Phi) is 3.94. The van der Waals surface area contributed by atoms with Crippen LogP contribution < -0.4 is 9.62 Å². The van der Waals surface area contributed by atoms with Crippen molar-refractivity contribution in [1.29, 1.82) is 0 Å². The average molecular weight is 284 g/mol. The molecule has 0 radical (unpaired) electrons. The maximum atomic E-state index is 12.2. The zero-order valence-corrected chi connectivity index (χ0v) is 11.2. The molecule has 0 aromatic heterocycles. The van der Waals surface area contributed by atoms with Gasteiger partial charge >= 0.3 is 5.97 Å². The Morgan fingerprint density at radius 1 is 1.37 bits per heavy atom. The zero-order chi connectivity index (χ0) is 13.9. The van der Waals surface area contributed by atoms with Crippen molar-refractivity contribution in [3.8, 4) is 0 Å². The number of carboxylic acid groups (broad SMARTS) is 1. The molecular formula is C12H16N2O4S. The smallest absolute Gasteiger partial charge is 0.304 e. The highest BCUT2D eigenvalue weighted by atomic mass is 32.2. The number of rotatable bonds is 4. The Hall–Kier alpha value is -1.76. The Balaban J connectivity index is 2.31. The third-order valence-electron chi connectivity index (χ3n) is 2.94. The molecule has 0 aliphatic carbocycles. The molecule has 1 heterocycles. The molecule has 104 valence electrons. The predicted molar refractivity (Wildman–Crippen MR) is 72.9 cm³/mol. The highest BCUT2D eigenvalue weighted by molar-refractivity contribution is 7.92. The molecular weight excluding hydrogens is 268 g/mol. The van der Waals surface area contributed by atoms with Gasteiger partial charge in [0.15, 0.2) is 0 Å². The largest absolute Gasteiger partial charge is 0.481 e. The standard InChI is InChI=1S/C12H16N2O4S/c15-12(16)6-9-19(17,18)14-8-3-7-13-10-4-1-2-5-11(10)14/h1-2,4-5,13H,3,6-9H2,(H,15,16). The van der Waals surface area contributed by atoms with Crippen molar-refractivity contribution in [2.75, 3.05) is 28.5 Å². The normalized spacial score (nSPS) is 15.3. The number of carbonyl (C=O) groups is 1. The number of fused-ring (bicyclic) bond motifs is 1. The Morgan fingerprint density at radius 3 is 2.84 bits per heavy atom. The van der Waals surface area contributed by atoms with Crippen LogP contribution in [-0.4, -0.2) is 38.3 Å². The Morgan fingerprint density at radius 2 is 2.11 bits per heavy atom. The second-order valence-electron chi connectivity index (χ2n) is 4.33. The van der Waals surface area contributed by atoms with E-state index in [1.54, 1.807) is 12.1 Å². The van der Waals surface area contributed by atoms with E-state index in [9.17, 15) is 13.2 Å². The lowest BCUT2D eigenvalue weighted by Crippen LogP contribution is -2.34. The first-order valence-electron chi connectivity index (χ1n) is 6.06. The minimum atomic E-state index is -3.60. The van der Waals surface area contributed by atoms with Crippen LogP contribution in [0.5, 0.6) is 0 Å². The maximum absolute atomic E-state index is 12.2. The summed E-state index contributed by atoms with van der Waals surface area (Å²) in [7, 11) is -3.60. The quantitative estimate of drug-likeness (QED) is 0.865. The lowest BCUT2D eigenvalue weighted by Gasteiger charge is -2.23. The topological polar surface area (TPSA) is 86.7 Å². The molecule has 0 atom stereocenters. The maximum Gasteiger partial charge on any atom is 0.304 e. The molecule has 0 saturated carbocycles. The van der Waals surface area contributed by atoms with Gasteiger partial charge in [0.2, 0.25) is 10.0 Å². The number of para-hydroxylation sites is 2. The third kappa shape index (κ3) is 3.17. The number of benzene rings is 1. The fourth-order valence-electron chi connectivity index (χ4n) is 2.02. The summed E-state index contributed by atoms with van der Waals surface area (Å²) in [6.07, 6.45) is 0.301. The van der Waals surface area contributed by atoms with Crippen molar-refractivity contribution in [2.45, 2.75) is 12.8 Å². The van der Waals surface area contributed by atoms with Gasteiger partial charge in [0.05, 0.1) is 23.5 Å². The van der Waals surface area contributed by atoms with Crippen LogP contribution in [0.25, 0.3) is 0 Å². The summed E-state index contributed by atoms with van der Waals surface area (Å²) < 4.78 is 25.8. The molecule has 6 nitrogen and oxygen atoms in total. The summed E-state index contributed by atoms with van der Waals surface area (Å²) in [5.74, 6) is -1.48. The molecule has 0 fully saturated rings. The van der Waals surface area contributed by atoms with Gasteiger partial charge in [0.1, 0.15) is 0 Å². The van der Waals surface area contributed by atoms with Gasteiger partial charge in [-0.2, -0.15) is 0 Å². The number of hydrogen-bond acceptors (Lipinski definition) is 4. The number of sulfonamides is 1. The summed E-state index contributed by atoms with van der Waals surface area (Å²) in [5, 5.41) is 11.8. The van der Waals surface area contributed by atoms with Crippen LogP contribution >= 0.6 is 0 Å². The summed E-state index contributed by atoms with van der Waals surface area (Å²) in [5.41, 5.74) is 1.35. The van der Waals surface area contributed by atoms with Gasteiger partial charge in [-0.1, -0.05) is 12.1 Å². The molecule has 1 aliphatic heterocycles. The van der Waals surface area contributed by atoms with Crippen molar-refractivity contribution < 1.29 is 18.3 Å². The summed E-state index contributed by atoms with van der Waals surface area (Å²) in [6.45, 7) is 1.06. The van der Waals surface area contributed by atoms with Gasteiger partial charge in [-0.3, -0.25) is 9.10 Å². The highest BCUT2D eigenvalue weighted by Crippen LogP contribution is 2.30. The van der Waals surface area contributed by atoms with Gasteiger partial charge in [-0.15, -0.1) is 0 Å². The minimum absolute atomic E-state index is 0.367. The number of nitrogens with zero attached hydrogens (tertiary/aromatic N) is 1. The minimum Gasteiger partial charge on any atom is -0.481 e. The number of anilines is 2. The van der Waals surface area contributed by atoms with Crippen molar-refractivity contribution in [3.05, 3.63) is 24.3 Å². The van der Waals surface area contributed by atoms with Crippen molar-refractivity contribution >= 4 is 27.4 Å². The van der Waals surface area contributed by atoms with Gasteiger partial charge < -0.3 is 10.4 Å². The molecule has 0 amide bonds. The van der Waals surface area contributed by atoms with Gasteiger partial charge in [0, 0.05) is 13.1 Å². The molecule has 0 bridgehead atoms. The molecule has 0 spiro atoms. The van der Waals surface area contributed by atoms with E-state index < -0.39 is 16.0 Å². The highest BCUT2D eigenvalue weighted by Gasteiger charge is 2.26. The van der Waals surface area contributed by atoms with E-state index in [1.807, 2.05) is 12.1 Å². The SMILES string of the molecule is O=C(O)CCS(=O)(=O)N1CCCNc2ccccc21. The van der Waals surface area contributed by atoms with E-state index in [-0.39, 0.29) is 12.2 Å². The molecule has 19 heavy (non-hydrogen) atoms. The van der Waals surface area contributed by atoms with Crippen LogP contribution in [0.4, 0.5) is 11.4 Å². The first-order chi connectivity index (χ1) is 9.00. The molecule has 2 N–H and O–H groups in total. The van der Waals surface area contributed by atoms with Gasteiger partial charge in [-0.05, 0) is 18.6 Å². The number of hydrogen-bond donors (Lipinski definition) is 2. The molecule has 0 saturated heterocycles. The Labute approximate surface area is 112 Å². The first-order valence-corrected chi connectivity index (χ1v) is 7.67. The van der Waals surface area contributed by atoms with Crippen LogP contribution in [0.3, 0.4) is 0 Å². The molecule has 1 aliphatic rings. The number of aliphatic carboxylic acids is 1. The molecule has 1 aromatic rings. The predicted octanol–water partition coefficient (Wildman–Crippen LogP) is 1.11.